The summed E-state index contributed by atoms with van der Waals surface area (Å²) in [5.41, 5.74) is 1.86. The topological polar surface area (TPSA) is 67.0 Å². The van der Waals surface area contributed by atoms with Crippen LogP contribution >= 0.6 is 0 Å². The highest BCUT2D eigenvalue weighted by molar-refractivity contribution is 6.03. The number of aryl methyl sites for hydroxylation is 1. The predicted octanol–water partition coefficient (Wildman–Crippen LogP) is 1.98. The van der Waals surface area contributed by atoms with Crippen molar-refractivity contribution in [3.8, 4) is 5.75 Å². The summed E-state index contributed by atoms with van der Waals surface area (Å²) in [6.07, 6.45) is 1.50. The number of benzene rings is 1. The second-order valence-corrected chi connectivity index (χ2v) is 3.56. The third-order valence-electron chi connectivity index (χ3n) is 2.39. The highest BCUT2D eigenvalue weighted by Gasteiger charge is 2.11. The van der Waals surface area contributed by atoms with Gasteiger partial charge in [0.25, 0.3) is 5.91 Å². The standard InChI is InChI=1S/C12H13N3O2/c1-8-11(14-7-13-8)12(16)15-9-3-5-10(17-2)6-4-9/h3-7H,1-2H3,(H,13,14)(H,15,16). The molecule has 1 heterocycles. The number of hydrogen-bond donors (Lipinski definition) is 2. The summed E-state index contributed by atoms with van der Waals surface area (Å²) in [7, 11) is 1.60. The summed E-state index contributed by atoms with van der Waals surface area (Å²) in [6.45, 7) is 1.80. The van der Waals surface area contributed by atoms with Crippen molar-refractivity contribution in [2.75, 3.05) is 12.4 Å². The Morgan fingerprint density at radius 1 is 1.35 bits per heavy atom. The molecule has 0 aliphatic rings. The Balaban J connectivity index is 2.10. The number of imidazole rings is 1. The fourth-order valence-electron chi connectivity index (χ4n) is 1.45. The fraction of sp³-hybridized carbons (Fsp3) is 0.167. The minimum absolute atomic E-state index is 0.228. The Morgan fingerprint density at radius 2 is 2.06 bits per heavy atom. The molecule has 0 unspecified atom stereocenters. The molecule has 2 rings (SSSR count). The number of carbonyl (C=O) groups excluding carboxylic acids is 1. The van der Waals surface area contributed by atoms with Gasteiger partial charge in [0, 0.05) is 11.4 Å². The Kier molecular flexibility index (Phi) is 3.09. The Bertz CT molecular complexity index is 517. The number of nitrogens with zero attached hydrogens (tertiary/aromatic N) is 1. The second-order valence-electron chi connectivity index (χ2n) is 3.56. The summed E-state index contributed by atoms with van der Waals surface area (Å²) in [6, 6.07) is 7.12. The van der Waals surface area contributed by atoms with E-state index in [9.17, 15) is 4.79 Å². The van der Waals surface area contributed by atoms with Crippen LogP contribution in [0.15, 0.2) is 30.6 Å². The number of anilines is 1. The molecule has 0 atom stereocenters. The number of carbonyl (C=O) groups is 1. The van der Waals surface area contributed by atoms with Gasteiger partial charge in [0.15, 0.2) is 0 Å². The number of ether oxygens (including phenoxy) is 1. The van der Waals surface area contributed by atoms with Crippen molar-refractivity contribution in [3.63, 3.8) is 0 Å². The van der Waals surface area contributed by atoms with E-state index in [0.717, 1.165) is 11.4 Å². The smallest absolute Gasteiger partial charge is 0.276 e. The lowest BCUT2D eigenvalue weighted by Crippen LogP contribution is -2.13. The van der Waals surface area contributed by atoms with Crippen LogP contribution in [-0.2, 0) is 0 Å². The van der Waals surface area contributed by atoms with Gasteiger partial charge in [-0.25, -0.2) is 4.98 Å². The van der Waals surface area contributed by atoms with E-state index in [0.29, 0.717) is 11.4 Å². The lowest BCUT2D eigenvalue weighted by atomic mass is 10.2. The molecule has 88 valence electrons. The number of H-pyrrole nitrogens is 1. The second kappa shape index (κ2) is 4.69. The predicted molar refractivity (Wildman–Crippen MR) is 64.3 cm³/mol. The lowest BCUT2D eigenvalue weighted by molar-refractivity contribution is 0.102. The molecule has 1 amide bonds. The van der Waals surface area contributed by atoms with Crippen molar-refractivity contribution in [2.45, 2.75) is 6.92 Å². The summed E-state index contributed by atoms with van der Waals surface area (Å²) >= 11 is 0. The maximum atomic E-state index is 11.8. The highest BCUT2D eigenvalue weighted by Crippen LogP contribution is 2.15. The first-order chi connectivity index (χ1) is 8.20. The van der Waals surface area contributed by atoms with E-state index in [-0.39, 0.29) is 5.91 Å². The molecule has 2 aromatic rings. The summed E-state index contributed by atoms with van der Waals surface area (Å²) in [5, 5.41) is 2.76. The number of methoxy groups -OCH3 is 1. The third-order valence-corrected chi connectivity index (χ3v) is 2.39. The molecule has 0 aliphatic carbocycles. The maximum absolute atomic E-state index is 11.8. The minimum atomic E-state index is -0.228. The first-order valence-electron chi connectivity index (χ1n) is 5.16. The van der Waals surface area contributed by atoms with E-state index in [1.165, 1.54) is 6.33 Å². The van der Waals surface area contributed by atoms with Crippen molar-refractivity contribution >= 4 is 11.6 Å². The molecule has 1 aromatic carbocycles. The van der Waals surface area contributed by atoms with E-state index in [1.54, 1.807) is 38.3 Å². The van der Waals surface area contributed by atoms with Crippen LogP contribution in [0.4, 0.5) is 5.69 Å². The molecule has 0 spiro atoms. The minimum Gasteiger partial charge on any atom is -0.497 e. The van der Waals surface area contributed by atoms with E-state index < -0.39 is 0 Å². The molecule has 5 heteroatoms. The van der Waals surface area contributed by atoms with Gasteiger partial charge in [0.2, 0.25) is 0 Å². The van der Waals surface area contributed by atoms with E-state index >= 15 is 0 Å². The first-order valence-corrected chi connectivity index (χ1v) is 5.16. The number of aromatic nitrogens is 2. The Labute approximate surface area is 98.8 Å². The molecule has 0 aliphatic heterocycles. The van der Waals surface area contributed by atoms with E-state index in [4.69, 9.17) is 4.74 Å². The van der Waals surface area contributed by atoms with Gasteiger partial charge < -0.3 is 15.0 Å². The third kappa shape index (κ3) is 2.44. The molecule has 2 N–H and O–H groups in total. The van der Waals surface area contributed by atoms with Gasteiger partial charge in [-0.1, -0.05) is 0 Å². The van der Waals surface area contributed by atoms with Crippen LogP contribution in [0, 0.1) is 6.92 Å². The van der Waals surface area contributed by atoms with E-state index in [2.05, 4.69) is 15.3 Å². The average molecular weight is 231 g/mol. The van der Waals surface area contributed by atoms with Crippen molar-refractivity contribution in [2.24, 2.45) is 0 Å². The van der Waals surface area contributed by atoms with Crippen LogP contribution in [0.5, 0.6) is 5.75 Å². The average Bonchev–Trinajstić information content (AvgIpc) is 2.76. The van der Waals surface area contributed by atoms with E-state index in [1.807, 2.05) is 0 Å². The quantitative estimate of drug-likeness (QED) is 0.848. The molecular weight excluding hydrogens is 218 g/mol. The van der Waals surface area contributed by atoms with Crippen LogP contribution in [0.3, 0.4) is 0 Å². The van der Waals surface area contributed by atoms with Gasteiger partial charge >= 0.3 is 0 Å². The normalized spacial score (nSPS) is 10.0. The number of rotatable bonds is 3. The molecular formula is C12H13N3O2. The SMILES string of the molecule is COc1ccc(NC(=O)c2nc[nH]c2C)cc1. The zero-order chi connectivity index (χ0) is 12.3. The molecule has 5 nitrogen and oxygen atoms in total. The van der Waals surface area contributed by atoms with Gasteiger partial charge in [-0.05, 0) is 31.2 Å². The largest absolute Gasteiger partial charge is 0.497 e. The van der Waals surface area contributed by atoms with Gasteiger partial charge in [0.05, 0.1) is 13.4 Å². The van der Waals surface area contributed by atoms with Gasteiger partial charge in [-0.15, -0.1) is 0 Å². The molecule has 0 bridgehead atoms. The molecule has 0 fully saturated rings. The summed E-state index contributed by atoms with van der Waals surface area (Å²) in [4.78, 5) is 18.6. The van der Waals surface area contributed by atoms with Gasteiger partial charge in [-0.2, -0.15) is 0 Å². The molecule has 0 radical (unpaired) electrons. The molecule has 0 saturated heterocycles. The van der Waals surface area contributed by atoms with Gasteiger partial charge in [-0.3, -0.25) is 4.79 Å². The Morgan fingerprint density at radius 3 is 2.59 bits per heavy atom. The zero-order valence-corrected chi connectivity index (χ0v) is 9.65. The lowest BCUT2D eigenvalue weighted by Gasteiger charge is -2.05. The summed E-state index contributed by atoms with van der Waals surface area (Å²) < 4.78 is 5.04. The van der Waals surface area contributed by atoms with Crippen LogP contribution in [0.25, 0.3) is 0 Å². The summed E-state index contributed by atoms with van der Waals surface area (Å²) in [5.74, 6) is 0.521. The van der Waals surface area contributed by atoms with Crippen molar-refractivity contribution in [1.29, 1.82) is 0 Å². The van der Waals surface area contributed by atoms with Crippen molar-refractivity contribution in [3.05, 3.63) is 42.0 Å². The number of nitrogens with one attached hydrogen (secondary N) is 2. The maximum Gasteiger partial charge on any atom is 0.276 e. The molecule has 0 saturated carbocycles. The highest BCUT2D eigenvalue weighted by atomic mass is 16.5. The van der Waals surface area contributed by atoms with Crippen LogP contribution in [0.2, 0.25) is 0 Å². The van der Waals surface area contributed by atoms with Crippen molar-refractivity contribution < 1.29 is 9.53 Å². The van der Waals surface area contributed by atoms with Crippen molar-refractivity contribution in [1.82, 2.24) is 9.97 Å². The monoisotopic (exact) mass is 231 g/mol. The van der Waals surface area contributed by atoms with Gasteiger partial charge in [0.1, 0.15) is 11.4 Å². The van der Waals surface area contributed by atoms with Crippen LogP contribution < -0.4 is 10.1 Å². The number of aromatic amines is 1. The number of hydrogen-bond acceptors (Lipinski definition) is 3. The molecule has 17 heavy (non-hydrogen) atoms. The first kappa shape index (κ1) is 11.2. The molecule has 1 aromatic heterocycles. The fourth-order valence-corrected chi connectivity index (χ4v) is 1.45. The number of amides is 1. The zero-order valence-electron chi connectivity index (χ0n) is 9.65. The Hall–Kier alpha value is -2.30. The van der Waals surface area contributed by atoms with Crippen LogP contribution in [-0.4, -0.2) is 23.0 Å². The van der Waals surface area contributed by atoms with Crippen LogP contribution in [0.1, 0.15) is 16.2 Å².